The first-order valence-electron chi connectivity index (χ1n) is 20.2. The molecule has 0 saturated heterocycles. The van der Waals surface area contributed by atoms with Crippen LogP contribution in [0.3, 0.4) is 0 Å². The summed E-state index contributed by atoms with van der Waals surface area (Å²) in [4.78, 5) is 20.4. The Kier molecular flexibility index (Phi) is 8.79. The summed E-state index contributed by atoms with van der Waals surface area (Å²) in [5.41, 5.74) is 12.6. The highest BCUT2D eigenvalue weighted by atomic mass is 15.0. The predicted molar refractivity (Wildman–Crippen MR) is 248 cm³/mol. The molecule has 2 aromatic heterocycles. The third-order valence-corrected chi connectivity index (χ3v) is 11.4. The molecule has 0 unspecified atom stereocenters. The van der Waals surface area contributed by atoms with Crippen LogP contribution in [0.5, 0.6) is 0 Å². The maximum atomic E-state index is 5.25. The normalized spacial score (nSPS) is 11.3. The first kappa shape index (κ1) is 35.1. The van der Waals surface area contributed by atoms with E-state index in [1.54, 1.807) is 0 Å². The molecule has 4 nitrogen and oxygen atoms in total. The highest BCUT2D eigenvalue weighted by molar-refractivity contribution is 6.16. The molecule has 0 aliphatic rings. The highest BCUT2D eigenvalue weighted by Gasteiger charge is 2.14. The number of rotatable bonds is 7. The summed E-state index contributed by atoms with van der Waals surface area (Å²) in [6, 6.07) is 76.4. The quantitative estimate of drug-likeness (QED) is 0.152. The van der Waals surface area contributed by atoms with E-state index in [1.165, 1.54) is 27.3 Å². The van der Waals surface area contributed by atoms with Crippen LogP contribution in [-0.2, 0) is 0 Å². The van der Waals surface area contributed by atoms with Crippen LogP contribution < -0.4 is 0 Å². The fourth-order valence-corrected chi connectivity index (χ4v) is 8.15. The van der Waals surface area contributed by atoms with Crippen molar-refractivity contribution >= 4 is 32.4 Å². The van der Waals surface area contributed by atoms with Crippen molar-refractivity contribution < 1.29 is 0 Å². The smallest absolute Gasteiger partial charge is 0.164 e. The molecule has 0 fully saturated rings. The van der Waals surface area contributed by atoms with Gasteiger partial charge in [-0.25, -0.2) is 19.9 Å². The summed E-state index contributed by atoms with van der Waals surface area (Å²) in [6.45, 7) is 0. The van der Waals surface area contributed by atoms with Gasteiger partial charge in [-0.3, -0.25) is 0 Å². The van der Waals surface area contributed by atoms with Gasteiger partial charge >= 0.3 is 0 Å². The van der Waals surface area contributed by atoms with Crippen LogP contribution >= 0.6 is 0 Å². The van der Waals surface area contributed by atoms with E-state index < -0.39 is 0 Å². The number of pyridine rings is 1. The van der Waals surface area contributed by atoms with Crippen LogP contribution in [0.2, 0.25) is 0 Å². The second-order valence-electron chi connectivity index (χ2n) is 15.1. The Morgan fingerprint density at radius 1 is 0.217 bits per heavy atom. The third kappa shape index (κ3) is 6.66. The van der Waals surface area contributed by atoms with Crippen molar-refractivity contribution in [3.63, 3.8) is 0 Å². The molecule has 0 radical (unpaired) electrons. The van der Waals surface area contributed by atoms with Crippen molar-refractivity contribution in [2.75, 3.05) is 0 Å². The van der Waals surface area contributed by atoms with Crippen molar-refractivity contribution in [3.05, 3.63) is 218 Å². The summed E-state index contributed by atoms with van der Waals surface area (Å²) in [5.74, 6) is 1.87. The Labute approximate surface area is 348 Å². The average molecular weight is 765 g/mol. The van der Waals surface area contributed by atoms with Crippen molar-refractivity contribution in [1.82, 2.24) is 19.9 Å². The molecular weight excluding hydrogens is 729 g/mol. The minimum atomic E-state index is 0.620. The summed E-state index contributed by atoms with van der Waals surface area (Å²) in [6.07, 6.45) is 0. The molecular formula is C56H36N4. The molecule has 0 bridgehead atoms. The largest absolute Gasteiger partial charge is 0.247 e. The molecule has 2 heterocycles. The summed E-state index contributed by atoms with van der Waals surface area (Å²) >= 11 is 0. The van der Waals surface area contributed by atoms with Gasteiger partial charge in [-0.2, -0.15) is 0 Å². The minimum absolute atomic E-state index is 0.620. The topological polar surface area (TPSA) is 51.6 Å². The first-order chi connectivity index (χ1) is 29.7. The monoisotopic (exact) mass is 764 g/mol. The van der Waals surface area contributed by atoms with E-state index in [0.717, 1.165) is 66.5 Å². The lowest BCUT2D eigenvalue weighted by atomic mass is 9.98. The lowest BCUT2D eigenvalue weighted by Crippen LogP contribution is -2.00. The van der Waals surface area contributed by atoms with Gasteiger partial charge in [0.25, 0.3) is 0 Å². The van der Waals surface area contributed by atoms with Gasteiger partial charge < -0.3 is 0 Å². The molecule has 0 amide bonds. The molecule has 0 atom stereocenters. The van der Waals surface area contributed by atoms with E-state index in [0.29, 0.717) is 17.5 Å². The maximum Gasteiger partial charge on any atom is 0.164 e. The molecule has 11 aromatic rings. The van der Waals surface area contributed by atoms with Crippen molar-refractivity contribution in [3.8, 4) is 78.8 Å². The molecule has 0 spiro atoms. The Morgan fingerprint density at radius 3 is 1.22 bits per heavy atom. The Balaban J connectivity index is 0.937. The fourth-order valence-electron chi connectivity index (χ4n) is 8.15. The van der Waals surface area contributed by atoms with Gasteiger partial charge in [0, 0.05) is 33.0 Å². The summed E-state index contributed by atoms with van der Waals surface area (Å²) in [7, 11) is 0. The molecule has 4 heteroatoms. The highest BCUT2D eigenvalue weighted by Crippen LogP contribution is 2.34. The summed E-state index contributed by atoms with van der Waals surface area (Å²) < 4.78 is 0. The molecule has 60 heavy (non-hydrogen) atoms. The number of nitrogens with zero attached hydrogens (tertiary/aromatic N) is 4. The lowest BCUT2D eigenvalue weighted by Gasteiger charge is -2.11. The van der Waals surface area contributed by atoms with Gasteiger partial charge in [0.15, 0.2) is 17.5 Å². The fraction of sp³-hybridized carbons (Fsp3) is 0. The van der Waals surface area contributed by atoms with E-state index >= 15 is 0 Å². The van der Waals surface area contributed by atoms with Crippen LogP contribution in [0.1, 0.15) is 0 Å². The minimum Gasteiger partial charge on any atom is -0.247 e. The Bertz CT molecular complexity index is 3220. The van der Waals surface area contributed by atoms with Crippen LogP contribution in [-0.4, -0.2) is 19.9 Å². The van der Waals surface area contributed by atoms with Crippen LogP contribution in [0.15, 0.2) is 218 Å². The molecule has 0 aliphatic heterocycles. The molecule has 280 valence electrons. The average Bonchev–Trinajstić information content (AvgIpc) is 3.34. The lowest BCUT2D eigenvalue weighted by molar-refractivity contribution is 1.07. The molecule has 0 aliphatic carbocycles. The zero-order valence-corrected chi connectivity index (χ0v) is 32.6. The summed E-state index contributed by atoms with van der Waals surface area (Å²) in [5, 5.41) is 6.00. The first-order valence-corrected chi connectivity index (χ1v) is 20.2. The second kappa shape index (κ2) is 15.0. The third-order valence-electron chi connectivity index (χ3n) is 11.4. The van der Waals surface area contributed by atoms with Crippen molar-refractivity contribution in [2.45, 2.75) is 0 Å². The van der Waals surface area contributed by atoms with Gasteiger partial charge in [0.05, 0.1) is 11.2 Å². The standard InChI is InChI=1S/C56H36N4/c1-3-10-37(11-4-1)39-18-24-44(25-19-39)54-58-55(45-26-20-40(21-27-45)38-12-5-2-6-13-38)60-56(59-54)46-28-22-41(23-29-46)47-15-9-16-48(36-47)52-35-32-43-31-33-50-49-17-8-7-14-42(49)30-34-51(50)53(43)57-52/h1-36H. The van der Waals surface area contributed by atoms with Crippen molar-refractivity contribution in [1.29, 1.82) is 0 Å². The maximum absolute atomic E-state index is 5.25. The SMILES string of the molecule is c1ccc(-c2ccc(-c3nc(-c4ccc(-c5ccccc5)cc4)nc(-c4ccc(-c5cccc(-c6ccc7ccc8c9ccccc9ccc8c7n6)c5)cc4)n3)cc2)cc1. The Morgan fingerprint density at radius 2 is 0.633 bits per heavy atom. The zero-order valence-electron chi connectivity index (χ0n) is 32.6. The van der Waals surface area contributed by atoms with E-state index in [4.69, 9.17) is 19.9 Å². The number of aromatic nitrogens is 4. The Hall–Kier alpha value is -8.08. The van der Waals surface area contributed by atoms with Gasteiger partial charge in [-0.15, -0.1) is 0 Å². The van der Waals surface area contributed by atoms with Gasteiger partial charge in [-0.1, -0.05) is 206 Å². The zero-order chi connectivity index (χ0) is 39.8. The van der Waals surface area contributed by atoms with Crippen LogP contribution in [0.4, 0.5) is 0 Å². The molecule has 11 rings (SSSR count). The predicted octanol–water partition coefficient (Wildman–Crippen LogP) is 14.4. The van der Waals surface area contributed by atoms with Gasteiger partial charge in [-0.05, 0) is 61.7 Å². The van der Waals surface area contributed by atoms with E-state index in [1.807, 2.05) is 12.1 Å². The molecule has 0 saturated carbocycles. The van der Waals surface area contributed by atoms with Crippen LogP contribution in [0, 0.1) is 0 Å². The number of fused-ring (bicyclic) bond motifs is 5. The van der Waals surface area contributed by atoms with Gasteiger partial charge in [0.2, 0.25) is 0 Å². The van der Waals surface area contributed by atoms with Crippen molar-refractivity contribution in [2.24, 2.45) is 0 Å². The molecule has 0 N–H and O–H groups in total. The number of hydrogen-bond donors (Lipinski definition) is 0. The van der Waals surface area contributed by atoms with E-state index in [-0.39, 0.29) is 0 Å². The van der Waals surface area contributed by atoms with Gasteiger partial charge in [0.1, 0.15) is 0 Å². The van der Waals surface area contributed by atoms with Crippen LogP contribution in [0.25, 0.3) is 111 Å². The number of hydrogen-bond acceptors (Lipinski definition) is 4. The number of benzene rings is 9. The molecule has 9 aromatic carbocycles. The van der Waals surface area contributed by atoms with E-state index in [9.17, 15) is 0 Å². The second-order valence-corrected chi connectivity index (χ2v) is 15.1. The van der Waals surface area contributed by atoms with E-state index in [2.05, 4.69) is 206 Å².